The van der Waals surface area contributed by atoms with E-state index in [4.69, 9.17) is 9.26 Å². The molecule has 2 aromatic rings. The van der Waals surface area contributed by atoms with Gasteiger partial charge in [-0.2, -0.15) is 4.98 Å². The van der Waals surface area contributed by atoms with Crippen LogP contribution in [0.4, 0.5) is 0 Å². The summed E-state index contributed by atoms with van der Waals surface area (Å²) in [6.45, 7) is 5.61. The minimum absolute atomic E-state index is 0.0715. The Morgan fingerprint density at radius 3 is 2.59 bits per heavy atom. The first-order valence-electron chi connectivity index (χ1n) is 6.93. The van der Waals surface area contributed by atoms with Crippen LogP contribution in [0.1, 0.15) is 31.6 Å². The molecule has 6 nitrogen and oxygen atoms in total. The van der Waals surface area contributed by atoms with Gasteiger partial charge in [-0.15, -0.1) is 0 Å². The Bertz CT molecular complexity index is 625. The third-order valence-electron chi connectivity index (χ3n) is 2.98. The van der Waals surface area contributed by atoms with Crippen LogP contribution in [0.25, 0.3) is 0 Å². The van der Waals surface area contributed by atoms with Crippen LogP contribution in [-0.2, 0) is 4.79 Å². The van der Waals surface area contributed by atoms with Gasteiger partial charge in [0.15, 0.2) is 12.4 Å². The number of rotatable bonds is 6. The molecule has 0 unspecified atom stereocenters. The van der Waals surface area contributed by atoms with Crippen LogP contribution in [0.2, 0.25) is 0 Å². The molecule has 0 spiro atoms. The number of aromatic nitrogens is 2. The van der Waals surface area contributed by atoms with E-state index in [9.17, 15) is 4.79 Å². The first kappa shape index (κ1) is 16.5. The van der Waals surface area contributed by atoms with E-state index in [-0.39, 0.29) is 24.5 Å². The Labute approximate surface area is 137 Å². The molecule has 0 fully saturated rings. The lowest BCUT2D eigenvalue weighted by atomic mass is 10.0. The highest BCUT2D eigenvalue weighted by Crippen LogP contribution is 2.20. The van der Waals surface area contributed by atoms with Gasteiger partial charge in [-0.3, -0.25) is 4.79 Å². The molecule has 0 aliphatic rings. The van der Waals surface area contributed by atoms with Crippen molar-refractivity contribution >= 4 is 21.8 Å². The van der Waals surface area contributed by atoms with Gasteiger partial charge in [-0.25, -0.2) is 0 Å². The van der Waals surface area contributed by atoms with E-state index in [1.54, 1.807) is 19.1 Å². The number of hydrogen-bond donors (Lipinski definition) is 1. The molecule has 0 radical (unpaired) electrons. The van der Waals surface area contributed by atoms with E-state index in [2.05, 4.69) is 31.4 Å². The van der Waals surface area contributed by atoms with Crippen molar-refractivity contribution in [2.75, 3.05) is 6.61 Å². The molecule has 1 aromatic carbocycles. The third-order valence-corrected chi connectivity index (χ3v) is 3.50. The lowest BCUT2D eigenvalue weighted by Gasteiger charge is -2.18. The number of benzene rings is 1. The summed E-state index contributed by atoms with van der Waals surface area (Å²) in [6, 6.07) is 6.95. The van der Waals surface area contributed by atoms with Gasteiger partial charge in [0.25, 0.3) is 5.91 Å². The summed E-state index contributed by atoms with van der Waals surface area (Å²) in [5, 5.41) is 6.61. The third kappa shape index (κ3) is 4.56. The Hall–Kier alpha value is -1.89. The summed E-state index contributed by atoms with van der Waals surface area (Å²) in [5.41, 5.74) is 0. The maximum absolute atomic E-state index is 12.0. The van der Waals surface area contributed by atoms with Crippen molar-refractivity contribution in [3.8, 4) is 5.75 Å². The number of nitrogens with one attached hydrogen (secondary N) is 1. The standard InChI is InChI=1S/C15H18BrN3O3/c1-9(2)14(15-17-10(3)19-22-15)18-13(20)8-21-12-6-4-11(16)5-7-12/h4-7,9,14H,8H2,1-3H3,(H,18,20)/t14-/m1/s1. The number of ether oxygens (including phenoxy) is 1. The first-order chi connectivity index (χ1) is 10.5. The molecular formula is C15H18BrN3O3. The summed E-state index contributed by atoms with van der Waals surface area (Å²) >= 11 is 3.34. The average Bonchev–Trinajstić information content (AvgIpc) is 2.90. The Kier molecular flexibility index (Phi) is 5.54. The molecule has 7 heteroatoms. The van der Waals surface area contributed by atoms with Crippen molar-refractivity contribution in [3.63, 3.8) is 0 Å². The molecule has 22 heavy (non-hydrogen) atoms. The summed E-state index contributed by atoms with van der Waals surface area (Å²) in [6.07, 6.45) is 0. The molecule has 0 bridgehead atoms. The van der Waals surface area contributed by atoms with Gasteiger partial charge < -0.3 is 14.6 Å². The SMILES string of the molecule is Cc1noc([C@H](NC(=O)COc2ccc(Br)cc2)C(C)C)n1. The fourth-order valence-electron chi connectivity index (χ4n) is 1.85. The van der Waals surface area contributed by atoms with Gasteiger partial charge >= 0.3 is 0 Å². The van der Waals surface area contributed by atoms with Crippen LogP contribution in [-0.4, -0.2) is 22.7 Å². The van der Waals surface area contributed by atoms with E-state index in [0.29, 0.717) is 17.5 Å². The highest BCUT2D eigenvalue weighted by molar-refractivity contribution is 9.10. The van der Waals surface area contributed by atoms with Gasteiger partial charge in [-0.05, 0) is 37.1 Å². The zero-order chi connectivity index (χ0) is 16.1. The summed E-state index contributed by atoms with van der Waals surface area (Å²) in [5.74, 6) is 1.47. The van der Waals surface area contributed by atoms with Crippen LogP contribution in [0.15, 0.2) is 33.3 Å². The fraction of sp³-hybridized carbons (Fsp3) is 0.400. The monoisotopic (exact) mass is 367 g/mol. The Morgan fingerprint density at radius 1 is 1.36 bits per heavy atom. The summed E-state index contributed by atoms with van der Waals surface area (Å²) < 4.78 is 11.5. The van der Waals surface area contributed by atoms with E-state index in [1.807, 2.05) is 26.0 Å². The van der Waals surface area contributed by atoms with E-state index in [1.165, 1.54) is 0 Å². The number of carbonyl (C=O) groups is 1. The molecule has 2 rings (SSSR count). The number of hydrogen-bond acceptors (Lipinski definition) is 5. The second-order valence-corrected chi connectivity index (χ2v) is 6.13. The number of carbonyl (C=O) groups excluding carboxylic acids is 1. The van der Waals surface area contributed by atoms with Crippen LogP contribution >= 0.6 is 15.9 Å². The maximum Gasteiger partial charge on any atom is 0.258 e. The average molecular weight is 368 g/mol. The number of amides is 1. The molecule has 1 aromatic heterocycles. The molecular weight excluding hydrogens is 350 g/mol. The summed E-state index contributed by atoms with van der Waals surface area (Å²) in [4.78, 5) is 16.2. The number of aryl methyl sites for hydroxylation is 1. The largest absolute Gasteiger partial charge is 0.484 e. The number of halogens is 1. The van der Waals surface area contributed by atoms with E-state index < -0.39 is 0 Å². The molecule has 0 saturated heterocycles. The minimum Gasteiger partial charge on any atom is -0.484 e. The van der Waals surface area contributed by atoms with Crippen molar-refractivity contribution in [1.29, 1.82) is 0 Å². The van der Waals surface area contributed by atoms with Crippen molar-refractivity contribution < 1.29 is 14.1 Å². The molecule has 1 N–H and O–H groups in total. The molecule has 118 valence electrons. The lowest BCUT2D eigenvalue weighted by molar-refractivity contribution is -0.124. The van der Waals surface area contributed by atoms with Crippen molar-refractivity contribution in [2.45, 2.75) is 26.8 Å². The fourth-order valence-corrected chi connectivity index (χ4v) is 2.11. The lowest BCUT2D eigenvalue weighted by Crippen LogP contribution is -2.35. The molecule has 1 atom stereocenters. The highest BCUT2D eigenvalue weighted by atomic mass is 79.9. The van der Waals surface area contributed by atoms with Gasteiger partial charge in [0.05, 0.1) is 0 Å². The molecule has 0 saturated carbocycles. The first-order valence-corrected chi connectivity index (χ1v) is 7.73. The number of nitrogens with zero attached hydrogens (tertiary/aromatic N) is 2. The quantitative estimate of drug-likeness (QED) is 0.848. The van der Waals surface area contributed by atoms with Gasteiger partial charge in [0.1, 0.15) is 11.8 Å². The van der Waals surface area contributed by atoms with Crippen molar-refractivity contribution in [2.24, 2.45) is 5.92 Å². The molecule has 1 heterocycles. The normalized spacial score (nSPS) is 12.2. The zero-order valence-corrected chi connectivity index (χ0v) is 14.3. The smallest absolute Gasteiger partial charge is 0.258 e. The predicted octanol–water partition coefficient (Wildman–Crippen LogP) is 3.03. The topological polar surface area (TPSA) is 77.2 Å². The highest BCUT2D eigenvalue weighted by Gasteiger charge is 2.24. The van der Waals surface area contributed by atoms with E-state index in [0.717, 1.165) is 4.47 Å². The predicted molar refractivity (Wildman–Crippen MR) is 84.4 cm³/mol. The Balaban J connectivity index is 1.92. The van der Waals surface area contributed by atoms with Crippen LogP contribution in [0, 0.1) is 12.8 Å². The minimum atomic E-state index is -0.331. The second-order valence-electron chi connectivity index (χ2n) is 5.21. The van der Waals surface area contributed by atoms with Crippen molar-refractivity contribution in [3.05, 3.63) is 40.5 Å². The van der Waals surface area contributed by atoms with Crippen molar-refractivity contribution in [1.82, 2.24) is 15.5 Å². The van der Waals surface area contributed by atoms with Gasteiger partial charge in [-0.1, -0.05) is 34.9 Å². The molecule has 1 amide bonds. The molecule has 0 aliphatic heterocycles. The van der Waals surface area contributed by atoms with Gasteiger partial charge in [0, 0.05) is 4.47 Å². The maximum atomic E-state index is 12.0. The van der Waals surface area contributed by atoms with Crippen LogP contribution < -0.4 is 10.1 Å². The molecule has 0 aliphatic carbocycles. The Morgan fingerprint density at radius 2 is 2.05 bits per heavy atom. The second kappa shape index (κ2) is 7.40. The van der Waals surface area contributed by atoms with Crippen LogP contribution in [0.3, 0.4) is 0 Å². The van der Waals surface area contributed by atoms with Crippen LogP contribution in [0.5, 0.6) is 5.75 Å². The summed E-state index contributed by atoms with van der Waals surface area (Å²) in [7, 11) is 0. The zero-order valence-electron chi connectivity index (χ0n) is 12.7. The van der Waals surface area contributed by atoms with E-state index >= 15 is 0 Å². The van der Waals surface area contributed by atoms with Gasteiger partial charge in [0.2, 0.25) is 5.89 Å².